The Bertz CT molecular complexity index is 2160. The summed E-state index contributed by atoms with van der Waals surface area (Å²) in [6, 6.07) is 43.9. The van der Waals surface area contributed by atoms with Gasteiger partial charge in [0.05, 0.1) is 22.4 Å². The highest BCUT2D eigenvalue weighted by Gasteiger charge is 2.12. The molecule has 0 saturated carbocycles. The highest BCUT2D eigenvalue weighted by atomic mass is 35.5. The van der Waals surface area contributed by atoms with Gasteiger partial charge in [0.2, 0.25) is 0 Å². The summed E-state index contributed by atoms with van der Waals surface area (Å²) < 4.78 is 0. The number of rotatable bonds is 2. The number of halogens is 2. The number of anilines is 4. The molecule has 46 heavy (non-hydrogen) atoms. The lowest BCUT2D eigenvalue weighted by atomic mass is 9.99. The minimum absolute atomic E-state index is 0. The van der Waals surface area contributed by atoms with E-state index in [1.807, 2.05) is 97.1 Å². The minimum Gasteiger partial charge on any atom is -0.399 e. The standard InChI is InChI=1S/2C19H15N3.2ClH/c2*20-13-6-8-15-16-9-7-14(21)11-18(16)22-19(17(15)10-13)12-4-2-1-3-5-12;;/h2*1-11H,20-21H2;2*1H. The van der Waals surface area contributed by atoms with Gasteiger partial charge in [-0.3, -0.25) is 0 Å². The third-order valence-electron chi connectivity index (χ3n) is 7.78. The van der Waals surface area contributed by atoms with Gasteiger partial charge in [-0.25, -0.2) is 9.97 Å². The summed E-state index contributed by atoms with van der Waals surface area (Å²) in [7, 11) is 0. The second-order valence-electron chi connectivity index (χ2n) is 10.8. The van der Waals surface area contributed by atoms with Crippen LogP contribution in [0.2, 0.25) is 0 Å². The Balaban J connectivity index is 0.000000174. The number of aromatic nitrogens is 2. The zero-order valence-corrected chi connectivity index (χ0v) is 26.4. The summed E-state index contributed by atoms with van der Waals surface area (Å²) in [5, 5.41) is 6.57. The Morgan fingerprint density at radius 2 is 0.652 bits per heavy atom. The van der Waals surface area contributed by atoms with Crippen LogP contribution in [0.15, 0.2) is 133 Å². The summed E-state index contributed by atoms with van der Waals surface area (Å²) in [4.78, 5) is 9.68. The van der Waals surface area contributed by atoms with Crippen molar-refractivity contribution in [3.63, 3.8) is 0 Å². The molecule has 0 bridgehead atoms. The lowest BCUT2D eigenvalue weighted by Crippen LogP contribution is -1.93. The van der Waals surface area contributed by atoms with Gasteiger partial charge < -0.3 is 22.9 Å². The predicted octanol–water partition coefficient (Wildman–Crippen LogP) is 9.28. The van der Waals surface area contributed by atoms with Crippen molar-refractivity contribution in [2.24, 2.45) is 0 Å². The van der Waals surface area contributed by atoms with Crippen LogP contribution in [0.5, 0.6) is 0 Å². The molecule has 2 heterocycles. The maximum atomic E-state index is 5.99. The van der Waals surface area contributed by atoms with Gasteiger partial charge in [-0.15, -0.1) is 24.8 Å². The van der Waals surface area contributed by atoms with Crippen molar-refractivity contribution < 1.29 is 0 Å². The first-order valence-corrected chi connectivity index (χ1v) is 14.3. The number of nitrogen functional groups attached to an aromatic ring is 4. The number of hydrogen-bond donors (Lipinski definition) is 4. The number of nitrogens with two attached hydrogens (primary N) is 4. The number of hydrogen-bond acceptors (Lipinski definition) is 6. The molecule has 0 atom stereocenters. The molecule has 2 aromatic heterocycles. The van der Waals surface area contributed by atoms with Crippen molar-refractivity contribution in [3.05, 3.63) is 133 Å². The van der Waals surface area contributed by atoms with E-state index < -0.39 is 0 Å². The lowest BCUT2D eigenvalue weighted by Gasteiger charge is -2.11. The SMILES string of the molecule is Cl.Cl.Nc1ccc2c(c1)nc(-c1ccccc1)c1cc(N)ccc12.Nc1ccc2c(c1)nc(-c1ccccc1)c1cc(N)ccc12. The lowest BCUT2D eigenvalue weighted by molar-refractivity contribution is 1.43. The zero-order chi connectivity index (χ0) is 30.2. The van der Waals surface area contributed by atoms with E-state index in [0.29, 0.717) is 11.4 Å². The monoisotopic (exact) mass is 642 g/mol. The van der Waals surface area contributed by atoms with Crippen LogP contribution >= 0.6 is 24.8 Å². The van der Waals surface area contributed by atoms with Gasteiger partial charge in [0.15, 0.2) is 0 Å². The highest BCUT2D eigenvalue weighted by molar-refractivity contribution is 6.13. The quantitative estimate of drug-likeness (QED) is 0.110. The maximum Gasteiger partial charge on any atom is 0.0788 e. The van der Waals surface area contributed by atoms with Gasteiger partial charge >= 0.3 is 0 Å². The zero-order valence-electron chi connectivity index (χ0n) is 24.7. The first-order chi connectivity index (χ1) is 21.4. The summed E-state index contributed by atoms with van der Waals surface area (Å²) in [5.74, 6) is 0. The Morgan fingerprint density at radius 3 is 1.02 bits per heavy atom. The Labute approximate surface area is 278 Å². The summed E-state index contributed by atoms with van der Waals surface area (Å²) in [6.07, 6.45) is 0. The van der Waals surface area contributed by atoms with Gasteiger partial charge in [0.25, 0.3) is 0 Å². The molecule has 6 nitrogen and oxygen atoms in total. The van der Waals surface area contributed by atoms with Crippen molar-refractivity contribution in [2.75, 3.05) is 22.9 Å². The average Bonchev–Trinajstić information content (AvgIpc) is 3.04. The Kier molecular flexibility index (Phi) is 9.14. The second kappa shape index (κ2) is 13.2. The van der Waals surface area contributed by atoms with E-state index in [1.54, 1.807) is 0 Å². The van der Waals surface area contributed by atoms with Gasteiger partial charge in [-0.05, 0) is 59.3 Å². The van der Waals surface area contributed by atoms with Crippen molar-refractivity contribution in [1.29, 1.82) is 0 Å². The van der Waals surface area contributed by atoms with Crippen LogP contribution in [0, 0.1) is 0 Å². The van der Waals surface area contributed by atoms with Crippen molar-refractivity contribution in [2.45, 2.75) is 0 Å². The molecule has 0 unspecified atom stereocenters. The van der Waals surface area contributed by atoms with E-state index in [-0.39, 0.29) is 24.8 Å². The minimum atomic E-state index is 0. The first kappa shape index (κ1) is 31.9. The Morgan fingerprint density at radius 1 is 0.326 bits per heavy atom. The number of pyridine rings is 2. The molecule has 0 aliphatic rings. The van der Waals surface area contributed by atoms with Crippen molar-refractivity contribution in [1.82, 2.24) is 9.97 Å². The summed E-state index contributed by atoms with van der Waals surface area (Å²) in [6.45, 7) is 0. The number of fused-ring (bicyclic) bond motifs is 6. The number of benzene rings is 6. The summed E-state index contributed by atoms with van der Waals surface area (Å²) >= 11 is 0. The van der Waals surface area contributed by atoms with Crippen LogP contribution in [-0.2, 0) is 0 Å². The van der Waals surface area contributed by atoms with Gasteiger partial charge in [0.1, 0.15) is 0 Å². The summed E-state index contributed by atoms with van der Waals surface area (Å²) in [5.41, 5.74) is 32.5. The maximum absolute atomic E-state index is 5.99. The van der Waals surface area contributed by atoms with E-state index >= 15 is 0 Å². The molecule has 0 aliphatic heterocycles. The molecular weight excluding hydrogens is 611 g/mol. The third kappa shape index (κ3) is 6.04. The normalized spacial score (nSPS) is 10.6. The van der Waals surface area contributed by atoms with Crippen LogP contribution in [0.4, 0.5) is 22.7 Å². The highest BCUT2D eigenvalue weighted by Crippen LogP contribution is 2.35. The van der Waals surface area contributed by atoms with E-state index in [4.69, 9.17) is 32.9 Å². The fourth-order valence-corrected chi connectivity index (χ4v) is 5.72. The van der Waals surface area contributed by atoms with Crippen LogP contribution in [0.25, 0.3) is 65.9 Å². The van der Waals surface area contributed by atoms with Crippen LogP contribution in [0.1, 0.15) is 0 Å². The average molecular weight is 644 g/mol. The molecule has 0 radical (unpaired) electrons. The van der Waals surface area contributed by atoms with E-state index in [2.05, 4.69) is 36.4 Å². The van der Waals surface area contributed by atoms with Crippen LogP contribution in [-0.4, -0.2) is 9.97 Å². The van der Waals surface area contributed by atoms with E-state index in [1.165, 1.54) is 0 Å². The molecule has 0 amide bonds. The fourth-order valence-electron chi connectivity index (χ4n) is 5.72. The molecule has 0 spiro atoms. The topological polar surface area (TPSA) is 130 Å². The molecule has 8 N–H and O–H groups in total. The fraction of sp³-hybridized carbons (Fsp3) is 0. The molecule has 228 valence electrons. The molecule has 8 aromatic rings. The third-order valence-corrected chi connectivity index (χ3v) is 7.78. The largest absolute Gasteiger partial charge is 0.399 e. The van der Waals surface area contributed by atoms with E-state index in [0.717, 1.165) is 77.2 Å². The smallest absolute Gasteiger partial charge is 0.0788 e. The molecule has 8 heteroatoms. The predicted molar refractivity (Wildman–Crippen MR) is 202 cm³/mol. The first-order valence-electron chi connectivity index (χ1n) is 14.3. The van der Waals surface area contributed by atoms with E-state index in [9.17, 15) is 0 Å². The second-order valence-corrected chi connectivity index (χ2v) is 10.8. The van der Waals surface area contributed by atoms with Crippen LogP contribution in [0.3, 0.4) is 0 Å². The molecule has 0 aliphatic carbocycles. The van der Waals surface area contributed by atoms with Gasteiger partial charge in [0, 0.05) is 55.4 Å². The molecule has 0 fully saturated rings. The van der Waals surface area contributed by atoms with Gasteiger partial charge in [-0.2, -0.15) is 0 Å². The Hall–Kier alpha value is -5.56. The molecular formula is C38H32Cl2N6. The number of nitrogens with zero attached hydrogens (tertiary/aromatic N) is 2. The van der Waals surface area contributed by atoms with Crippen molar-refractivity contribution >= 4 is 90.9 Å². The van der Waals surface area contributed by atoms with Gasteiger partial charge in [-0.1, -0.05) is 84.9 Å². The molecule has 8 rings (SSSR count). The molecule has 6 aromatic carbocycles. The van der Waals surface area contributed by atoms with Crippen LogP contribution < -0.4 is 22.9 Å². The molecule has 0 saturated heterocycles. The van der Waals surface area contributed by atoms with Crippen molar-refractivity contribution in [3.8, 4) is 22.5 Å².